The van der Waals surface area contributed by atoms with Gasteiger partial charge in [0, 0.05) is 12.5 Å². The zero-order chi connectivity index (χ0) is 17.1. The molecule has 1 atom stereocenters. The zero-order valence-electron chi connectivity index (χ0n) is 13.4. The second-order valence-corrected chi connectivity index (χ2v) is 5.94. The lowest BCUT2D eigenvalue weighted by Gasteiger charge is -2.13. The maximum atomic E-state index is 12.0. The first-order valence-electron chi connectivity index (χ1n) is 8.01. The number of aromatic amines is 1. The molecule has 1 aliphatic carbocycles. The largest absolute Gasteiger partial charge is 0.453 e. The van der Waals surface area contributed by atoms with Crippen LogP contribution in [0.25, 0.3) is 10.9 Å². The highest BCUT2D eigenvalue weighted by atomic mass is 16.5. The van der Waals surface area contributed by atoms with E-state index in [-0.39, 0.29) is 30.3 Å². The summed E-state index contributed by atoms with van der Waals surface area (Å²) < 4.78 is 5.11. The number of aryl methyl sites for hydroxylation is 1. The molecule has 2 aromatic rings. The number of carbonyl (C=O) groups excluding carboxylic acids is 2. The fourth-order valence-electron chi connectivity index (χ4n) is 2.33. The van der Waals surface area contributed by atoms with Gasteiger partial charge < -0.3 is 15.0 Å². The fraction of sp³-hybridized carbons (Fsp3) is 0.412. The third kappa shape index (κ3) is 3.98. The van der Waals surface area contributed by atoms with Crippen molar-refractivity contribution in [2.75, 3.05) is 0 Å². The number of hydrogen-bond donors (Lipinski definition) is 2. The van der Waals surface area contributed by atoms with E-state index >= 15 is 0 Å². The van der Waals surface area contributed by atoms with Crippen LogP contribution in [0.1, 0.15) is 32.0 Å². The smallest absolute Gasteiger partial charge is 0.307 e. The van der Waals surface area contributed by atoms with Crippen molar-refractivity contribution in [1.82, 2.24) is 15.3 Å². The van der Waals surface area contributed by atoms with Crippen molar-refractivity contribution in [2.45, 2.75) is 44.8 Å². The third-order valence-corrected chi connectivity index (χ3v) is 3.83. The highest BCUT2D eigenvalue weighted by Crippen LogP contribution is 2.18. The van der Waals surface area contributed by atoms with Gasteiger partial charge in [0.1, 0.15) is 5.82 Å². The summed E-state index contributed by atoms with van der Waals surface area (Å²) in [5.41, 5.74) is 0.350. The van der Waals surface area contributed by atoms with Crippen molar-refractivity contribution in [3.05, 3.63) is 40.4 Å². The standard InChI is InChI=1S/C17H19N3O4/c1-10(16(22)18-11-6-7-11)24-15(21)9-8-14-19-13-5-3-2-4-12(13)17(23)20-14/h2-5,10-11H,6-9H2,1H3,(H,18,22)(H,19,20,23)/t10-/m1/s1. The quantitative estimate of drug-likeness (QED) is 0.772. The molecule has 3 rings (SSSR count). The molecule has 1 aromatic heterocycles. The molecule has 1 aliphatic rings. The summed E-state index contributed by atoms with van der Waals surface area (Å²) in [5, 5.41) is 3.29. The normalized spacial score (nSPS) is 15.0. The van der Waals surface area contributed by atoms with Crippen molar-refractivity contribution in [3.8, 4) is 0 Å². The molecular formula is C17H19N3O4. The number of nitrogens with zero attached hydrogens (tertiary/aromatic N) is 1. The Morgan fingerprint density at radius 3 is 2.88 bits per heavy atom. The van der Waals surface area contributed by atoms with E-state index in [9.17, 15) is 14.4 Å². The number of carbonyl (C=O) groups is 2. The summed E-state index contributed by atoms with van der Waals surface area (Å²) in [4.78, 5) is 42.6. The van der Waals surface area contributed by atoms with Crippen LogP contribution < -0.4 is 10.9 Å². The van der Waals surface area contributed by atoms with Crippen LogP contribution in [0.15, 0.2) is 29.1 Å². The Labute approximate surface area is 138 Å². The van der Waals surface area contributed by atoms with Crippen LogP contribution in [0.2, 0.25) is 0 Å². The number of aromatic nitrogens is 2. The van der Waals surface area contributed by atoms with Crippen LogP contribution >= 0.6 is 0 Å². The Balaban J connectivity index is 1.55. The van der Waals surface area contributed by atoms with Gasteiger partial charge in [0.25, 0.3) is 11.5 Å². The first-order chi connectivity index (χ1) is 11.5. The Morgan fingerprint density at radius 1 is 1.38 bits per heavy atom. The van der Waals surface area contributed by atoms with Gasteiger partial charge in [0.15, 0.2) is 6.10 Å². The molecule has 126 valence electrons. The first kappa shape index (κ1) is 16.2. The van der Waals surface area contributed by atoms with E-state index < -0.39 is 12.1 Å². The van der Waals surface area contributed by atoms with Crippen molar-refractivity contribution >= 4 is 22.8 Å². The zero-order valence-corrected chi connectivity index (χ0v) is 13.4. The summed E-state index contributed by atoms with van der Waals surface area (Å²) in [6, 6.07) is 7.23. The summed E-state index contributed by atoms with van der Waals surface area (Å²) >= 11 is 0. The molecule has 1 fully saturated rings. The van der Waals surface area contributed by atoms with E-state index in [0.717, 1.165) is 12.8 Å². The highest BCUT2D eigenvalue weighted by Gasteiger charge is 2.27. The summed E-state index contributed by atoms with van der Waals surface area (Å²) in [6.45, 7) is 1.55. The molecule has 0 spiro atoms. The minimum Gasteiger partial charge on any atom is -0.453 e. The number of hydrogen-bond acceptors (Lipinski definition) is 5. The Morgan fingerprint density at radius 2 is 2.12 bits per heavy atom. The van der Waals surface area contributed by atoms with Gasteiger partial charge in [-0.15, -0.1) is 0 Å². The SMILES string of the molecule is C[C@@H](OC(=O)CCc1nc2ccccc2c(=O)[nH]1)C(=O)NC1CC1. The molecule has 7 nitrogen and oxygen atoms in total. The molecule has 0 bridgehead atoms. The molecule has 2 N–H and O–H groups in total. The second kappa shape index (κ2) is 6.82. The molecular weight excluding hydrogens is 310 g/mol. The minimum atomic E-state index is -0.818. The topological polar surface area (TPSA) is 101 Å². The number of rotatable bonds is 6. The first-order valence-corrected chi connectivity index (χ1v) is 8.01. The van der Waals surface area contributed by atoms with Gasteiger partial charge in [-0.1, -0.05) is 12.1 Å². The highest BCUT2D eigenvalue weighted by molar-refractivity contribution is 5.83. The van der Waals surface area contributed by atoms with Crippen molar-refractivity contribution in [2.24, 2.45) is 0 Å². The van der Waals surface area contributed by atoms with Crippen LogP contribution in [-0.4, -0.2) is 34.0 Å². The van der Waals surface area contributed by atoms with Gasteiger partial charge >= 0.3 is 5.97 Å². The second-order valence-electron chi connectivity index (χ2n) is 5.94. The van der Waals surface area contributed by atoms with E-state index in [4.69, 9.17) is 4.74 Å². The number of ether oxygens (including phenoxy) is 1. The number of H-pyrrole nitrogens is 1. The third-order valence-electron chi connectivity index (χ3n) is 3.83. The Hall–Kier alpha value is -2.70. The maximum Gasteiger partial charge on any atom is 0.307 e. The van der Waals surface area contributed by atoms with Crippen molar-refractivity contribution in [1.29, 1.82) is 0 Å². The van der Waals surface area contributed by atoms with Crippen LogP contribution in [0.5, 0.6) is 0 Å². The number of para-hydroxylation sites is 1. The van der Waals surface area contributed by atoms with Gasteiger partial charge in [0.2, 0.25) is 0 Å². The molecule has 1 saturated carbocycles. The molecule has 0 saturated heterocycles. The van der Waals surface area contributed by atoms with Gasteiger partial charge in [-0.2, -0.15) is 0 Å². The van der Waals surface area contributed by atoms with E-state index in [1.807, 2.05) is 0 Å². The van der Waals surface area contributed by atoms with Crippen LogP contribution in [-0.2, 0) is 20.7 Å². The minimum absolute atomic E-state index is 0.0440. The molecule has 1 aromatic carbocycles. The maximum absolute atomic E-state index is 12.0. The predicted octanol–water partition coefficient (Wildman–Crippen LogP) is 1.07. The molecule has 0 unspecified atom stereocenters. The molecule has 0 aliphatic heterocycles. The molecule has 0 radical (unpaired) electrons. The van der Waals surface area contributed by atoms with Gasteiger partial charge in [-0.3, -0.25) is 14.4 Å². The average molecular weight is 329 g/mol. The van der Waals surface area contributed by atoms with Crippen molar-refractivity contribution < 1.29 is 14.3 Å². The molecule has 24 heavy (non-hydrogen) atoms. The molecule has 1 amide bonds. The lowest BCUT2D eigenvalue weighted by Crippen LogP contribution is -2.37. The van der Waals surface area contributed by atoms with E-state index in [1.165, 1.54) is 0 Å². The monoisotopic (exact) mass is 329 g/mol. The lowest BCUT2D eigenvalue weighted by atomic mass is 10.2. The van der Waals surface area contributed by atoms with Crippen LogP contribution in [0, 0.1) is 0 Å². The Bertz CT molecular complexity index is 826. The lowest BCUT2D eigenvalue weighted by molar-refractivity contribution is -0.154. The number of benzene rings is 1. The van der Waals surface area contributed by atoms with Crippen LogP contribution in [0.3, 0.4) is 0 Å². The summed E-state index contributed by atoms with van der Waals surface area (Å²) in [5.74, 6) is -0.349. The molecule has 7 heteroatoms. The number of esters is 1. The van der Waals surface area contributed by atoms with E-state index in [1.54, 1.807) is 31.2 Å². The Kier molecular flexibility index (Phi) is 4.59. The molecule has 1 heterocycles. The van der Waals surface area contributed by atoms with E-state index in [2.05, 4.69) is 15.3 Å². The van der Waals surface area contributed by atoms with Gasteiger partial charge in [0.05, 0.1) is 17.3 Å². The van der Waals surface area contributed by atoms with E-state index in [0.29, 0.717) is 16.7 Å². The van der Waals surface area contributed by atoms with Gasteiger partial charge in [-0.05, 0) is 31.9 Å². The summed E-state index contributed by atoms with van der Waals surface area (Å²) in [7, 11) is 0. The number of amides is 1. The summed E-state index contributed by atoms with van der Waals surface area (Å²) in [6.07, 6.45) is 1.43. The average Bonchev–Trinajstić information content (AvgIpc) is 3.37. The van der Waals surface area contributed by atoms with Gasteiger partial charge in [-0.25, -0.2) is 4.98 Å². The fourth-order valence-corrected chi connectivity index (χ4v) is 2.33. The van der Waals surface area contributed by atoms with Crippen LogP contribution in [0.4, 0.5) is 0 Å². The number of nitrogens with one attached hydrogen (secondary N) is 2. The van der Waals surface area contributed by atoms with Crippen molar-refractivity contribution in [3.63, 3.8) is 0 Å². The number of fused-ring (bicyclic) bond motifs is 1. The predicted molar refractivity (Wildman–Crippen MR) is 87.4 cm³/mol.